The summed E-state index contributed by atoms with van der Waals surface area (Å²) in [6.07, 6.45) is 6.24. The van der Waals surface area contributed by atoms with Gasteiger partial charge in [0.25, 0.3) is 0 Å². The van der Waals surface area contributed by atoms with Crippen molar-refractivity contribution in [2.24, 2.45) is 23.2 Å². The lowest BCUT2D eigenvalue weighted by atomic mass is 9.38. The summed E-state index contributed by atoms with van der Waals surface area (Å²) >= 11 is 0. The number of hydrogen-bond acceptors (Lipinski definition) is 2. The first-order valence-electron chi connectivity index (χ1n) is 7.91. The second-order valence-electron chi connectivity index (χ2n) is 7.70. The Balaban J connectivity index is 1.40. The van der Waals surface area contributed by atoms with Crippen molar-refractivity contribution in [1.82, 2.24) is 0 Å². The molecule has 2 atom stereocenters. The predicted molar refractivity (Wildman–Crippen MR) is 75.3 cm³/mol. The second kappa shape index (κ2) is 3.29. The number of ether oxygens (including phenoxy) is 1. The zero-order valence-corrected chi connectivity index (χ0v) is 11.9. The van der Waals surface area contributed by atoms with Crippen molar-refractivity contribution in [1.29, 1.82) is 0 Å². The Morgan fingerprint density at radius 1 is 1.10 bits per heavy atom. The first-order valence-corrected chi connectivity index (χ1v) is 7.91. The highest BCUT2D eigenvalue weighted by Gasteiger charge is 2.78. The van der Waals surface area contributed by atoms with Crippen molar-refractivity contribution in [3.8, 4) is 0 Å². The molecule has 0 aliphatic heterocycles. The lowest BCUT2D eigenvalue weighted by Crippen LogP contribution is -2.59. The molecule has 0 aromatic heterocycles. The molecule has 0 saturated heterocycles. The molecule has 4 aliphatic rings. The fourth-order valence-corrected chi connectivity index (χ4v) is 6.07. The highest BCUT2D eigenvalue weighted by Crippen LogP contribution is 2.82. The smallest absolute Gasteiger partial charge is 0.338 e. The normalized spacial score (nSPS) is 46.4. The second-order valence-corrected chi connectivity index (χ2v) is 7.70. The number of hydrogen-bond donors (Lipinski definition) is 0. The molecule has 0 amide bonds. The van der Waals surface area contributed by atoms with E-state index in [4.69, 9.17) is 4.74 Å². The number of fused-ring (bicyclic) bond motifs is 1. The molecule has 1 aromatic carbocycles. The summed E-state index contributed by atoms with van der Waals surface area (Å²) in [5, 5.41) is 0. The van der Waals surface area contributed by atoms with Crippen molar-refractivity contribution < 1.29 is 9.53 Å². The number of benzene rings is 1. The van der Waals surface area contributed by atoms with Gasteiger partial charge in [0.05, 0.1) is 5.56 Å². The molecule has 20 heavy (non-hydrogen) atoms. The zero-order chi connectivity index (χ0) is 13.5. The lowest BCUT2D eigenvalue weighted by molar-refractivity contribution is -0.180. The van der Waals surface area contributed by atoms with E-state index in [9.17, 15) is 4.79 Å². The number of carbonyl (C=O) groups excluding carboxylic acids is 1. The maximum absolute atomic E-state index is 12.4. The van der Waals surface area contributed by atoms with E-state index in [2.05, 4.69) is 0 Å². The number of carbonyl (C=O) groups is 1. The van der Waals surface area contributed by atoms with E-state index in [0.29, 0.717) is 11.0 Å². The van der Waals surface area contributed by atoms with Crippen LogP contribution in [0.25, 0.3) is 0 Å². The van der Waals surface area contributed by atoms with Crippen LogP contribution in [-0.2, 0) is 4.74 Å². The minimum Gasteiger partial charge on any atom is -0.455 e. The Labute approximate surface area is 119 Å². The summed E-state index contributed by atoms with van der Waals surface area (Å²) < 4.78 is 6.05. The van der Waals surface area contributed by atoms with Crippen LogP contribution in [-0.4, -0.2) is 11.6 Å². The standard InChI is InChI=1S/C18H20O2/c1-11-2-4-12(5-3-11)16(19)20-17-8-14-6-13-7-15(9-17)18(13,14)10-17/h2-5,13-15H,6-10H2,1H3. The molecule has 4 fully saturated rings. The van der Waals surface area contributed by atoms with E-state index in [1.165, 1.54) is 18.4 Å². The van der Waals surface area contributed by atoms with Crippen molar-refractivity contribution in [3.05, 3.63) is 35.4 Å². The van der Waals surface area contributed by atoms with Crippen molar-refractivity contribution in [3.63, 3.8) is 0 Å². The molecule has 0 heterocycles. The van der Waals surface area contributed by atoms with Gasteiger partial charge in [-0.15, -0.1) is 0 Å². The van der Waals surface area contributed by atoms with Gasteiger partial charge in [-0.3, -0.25) is 0 Å². The van der Waals surface area contributed by atoms with Gasteiger partial charge in [-0.2, -0.15) is 0 Å². The third kappa shape index (κ3) is 1.15. The summed E-state index contributed by atoms with van der Waals surface area (Å²) in [7, 11) is 0. The van der Waals surface area contributed by atoms with E-state index < -0.39 is 0 Å². The number of rotatable bonds is 2. The number of esters is 1. The van der Waals surface area contributed by atoms with Gasteiger partial charge in [-0.25, -0.2) is 4.79 Å². The molecule has 4 saturated carbocycles. The Morgan fingerprint density at radius 2 is 1.75 bits per heavy atom. The molecule has 1 aromatic rings. The quantitative estimate of drug-likeness (QED) is 0.764. The van der Waals surface area contributed by atoms with Crippen molar-refractivity contribution in [2.45, 2.75) is 44.6 Å². The molecular formula is C18H20O2. The molecule has 0 radical (unpaired) electrons. The Kier molecular flexibility index (Phi) is 1.87. The largest absolute Gasteiger partial charge is 0.455 e. The summed E-state index contributed by atoms with van der Waals surface area (Å²) in [5.74, 6) is 2.59. The fraction of sp³-hybridized carbons (Fsp3) is 0.611. The Hall–Kier alpha value is -1.31. The topological polar surface area (TPSA) is 26.3 Å². The fourth-order valence-electron chi connectivity index (χ4n) is 6.07. The van der Waals surface area contributed by atoms with Crippen LogP contribution in [0.15, 0.2) is 24.3 Å². The minimum absolute atomic E-state index is 0.109. The molecule has 4 aliphatic carbocycles. The Bertz CT molecular complexity index is 584. The summed E-state index contributed by atoms with van der Waals surface area (Å²) in [6.45, 7) is 2.04. The van der Waals surface area contributed by atoms with Crippen LogP contribution in [0.2, 0.25) is 0 Å². The van der Waals surface area contributed by atoms with Gasteiger partial charge in [0.2, 0.25) is 0 Å². The molecular weight excluding hydrogens is 248 g/mol. The van der Waals surface area contributed by atoms with Crippen LogP contribution < -0.4 is 0 Å². The summed E-state index contributed by atoms with van der Waals surface area (Å²) in [6, 6.07) is 7.75. The van der Waals surface area contributed by atoms with Crippen LogP contribution >= 0.6 is 0 Å². The maximum Gasteiger partial charge on any atom is 0.338 e. The van der Waals surface area contributed by atoms with E-state index >= 15 is 0 Å². The van der Waals surface area contributed by atoms with Crippen molar-refractivity contribution in [2.75, 3.05) is 0 Å². The van der Waals surface area contributed by atoms with Crippen molar-refractivity contribution >= 4 is 5.97 Å². The first kappa shape index (κ1) is 11.4. The third-order valence-corrected chi connectivity index (χ3v) is 6.88. The minimum atomic E-state index is -0.111. The predicted octanol–water partition coefficient (Wildman–Crippen LogP) is 3.73. The van der Waals surface area contributed by atoms with Gasteiger partial charge in [0.15, 0.2) is 0 Å². The van der Waals surface area contributed by atoms with Gasteiger partial charge >= 0.3 is 5.97 Å². The van der Waals surface area contributed by atoms with Gasteiger partial charge < -0.3 is 4.74 Å². The Morgan fingerprint density at radius 3 is 2.30 bits per heavy atom. The number of aryl methyl sites for hydroxylation is 1. The van der Waals surface area contributed by atoms with E-state index in [0.717, 1.165) is 37.0 Å². The van der Waals surface area contributed by atoms with Gasteiger partial charge in [0, 0.05) is 0 Å². The SMILES string of the molecule is Cc1ccc(C(=O)OC23CC4CC5CC(C2)C54C3)cc1. The zero-order valence-electron chi connectivity index (χ0n) is 11.9. The monoisotopic (exact) mass is 268 g/mol. The highest BCUT2D eigenvalue weighted by atomic mass is 16.6. The molecule has 5 rings (SSSR count). The van der Waals surface area contributed by atoms with E-state index in [1.54, 1.807) is 0 Å². The molecule has 2 nitrogen and oxygen atoms in total. The first-order chi connectivity index (χ1) is 9.61. The average Bonchev–Trinajstić information content (AvgIpc) is 2.85. The highest BCUT2D eigenvalue weighted by molar-refractivity contribution is 5.89. The molecule has 104 valence electrons. The van der Waals surface area contributed by atoms with E-state index in [-0.39, 0.29) is 11.6 Å². The van der Waals surface area contributed by atoms with Crippen LogP contribution in [0.4, 0.5) is 0 Å². The molecule has 2 heteroatoms. The molecule has 1 spiro atoms. The van der Waals surface area contributed by atoms with Crippen LogP contribution in [0, 0.1) is 30.1 Å². The molecule has 0 N–H and O–H groups in total. The van der Waals surface area contributed by atoms with Gasteiger partial charge in [0.1, 0.15) is 5.60 Å². The van der Waals surface area contributed by atoms with Gasteiger partial charge in [-0.1, -0.05) is 17.7 Å². The molecule has 2 bridgehead atoms. The van der Waals surface area contributed by atoms with Crippen LogP contribution in [0.1, 0.15) is 48.0 Å². The summed E-state index contributed by atoms with van der Waals surface area (Å²) in [4.78, 5) is 12.4. The van der Waals surface area contributed by atoms with Crippen LogP contribution in [0.3, 0.4) is 0 Å². The lowest BCUT2D eigenvalue weighted by Gasteiger charge is -2.66. The van der Waals surface area contributed by atoms with Crippen LogP contribution in [0.5, 0.6) is 0 Å². The average molecular weight is 268 g/mol. The third-order valence-electron chi connectivity index (χ3n) is 6.88. The van der Waals surface area contributed by atoms with Gasteiger partial charge in [-0.05, 0) is 74.3 Å². The molecule has 2 unspecified atom stereocenters. The summed E-state index contributed by atoms with van der Waals surface area (Å²) in [5.41, 5.74) is 2.40. The maximum atomic E-state index is 12.4. The van der Waals surface area contributed by atoms with E-state index in [1.807, 2.05) is 31.2 Å².